The number of benzene rings is 1. The molecule has 0 saturated heterocycles. The minimum Gasteiger partial charge on any atom is -0.505 e. The van der Waals surface area contributed by atoms with Gasteiger partial charge >= 0.3 is 0 Å². The lowest BCUT2D eigenvalue weighted by atomic mass is 10.3. The van der Waals surface area contributed by atoms with Gasteiger partial charge in [0.2, 0.25) is 0 Å². The third-order valence-corrected chi connectivity index (χ3v) is 4.16. The van der Waals surface area contributed by atoms with Crippen LogP contribution in [0.3, 0.4) is 0 Å². The Hall–Kier alpha value is -2.94. The van der Waals surface area contributed by atoms with Crippen molar-refractivity contribution in [1.29, 1.82) is 0 Å². The first-order valence-corrected chi connectivity index (χ1v) is 8.67. The second-order valence-corrected chi connectivity index (χ2v) is 6.43. The second-order valence-electron chi connectivity index (χ2n) is 5.51. The lowest BCUT2D eigenvalue weighted by Gasteiger charge is -2.10. The van der Waals surface area contributed by atoms with Crippen molar-refractivity contribution < 1.29 is 9.90 Å². The van der Waals surface area contributed by atoms with Gasteiger partial charge in [-0.2, -0.15) is 9.78 Å². The molecule has 134 valence electrons. The number of imidazole rings is 1. The SMILES string of the molecule is O=C(NCCCn1ccnc1)c1nn(-c2ccc(Br)cc2)c(=O)cc1O. The van der Waals surface area contributed by atoms with Crippen molar-refractivity contribution in [3.05, 3.63) is 69.6 Å². The van der Waals surface area contributed by atoms with Crippen LogP contribution in [0, 0.1) is 0 Å². The Morgan fingerprint density at radius 1 is 1.27 bits per heavy atom. The van der Waals surface area contributed by atoms with Crippen LogP contribution >= 0.6 is 15.9 Å². The van der Waals surface area contributed by atoms with Crippen molar-refractivity contribution >= 4 is 21.8 Å². The van der Waals surface area contributed by atoms with Crippen LogP contribution in [0.2, 0.25) is 0 Å². The average Bonchev–Trinajstić information content (AvgIpc) is 3.13. The molecule has 26 heavy (non-hydrogen) atoms. The predicted molar refractivity (Wildman–Crippen MR) is 98.4 cm³/mol. The molecule has 0 radical (unpaired) electrons. The molecule has 1 amide bonds. The minimum atomic E-state index is -0.543. The molecule has 0 fully saturated rings. The number of aromatic nitrogens is 4. The molecule has 2 heterocycles. The van der Waals surface area contributed by atoms with Crippen LogP contribution in [0.4, 0.5) is 0 Å². The molecule has 0 aliphatic heterocycles. The molecule has 9 heteroatoms. The maximum absolute atomic E-state index is 12.3. The van der Waals surface area contributed by atoms with Crippen LogP contribution in [0.25, 0.3) is 5.69 Å². The lowest BCUT2D eigenvalue weighted by molar-refractivity contribution is 0.0942. The third-order valence-electron chi connectivity index (χ3n) is 3.64. The lowest BCUT2D eigenvalue weighted by Crippen LogP contribution is -2.30. The maximum Gasteiger partial charge on any atom is 0.275 e. The summed E-state index contributed by atoms with van der Waals surface area (Å²) in [6.07, 6.45) is 5.91. The predicted octanol–water partition coefficient (Wildman–Crippen LogP) is 1.72. The smallest absolute Gasteiger partial charge is 0.275 e. The summed E-state index contributed by atoms with van der Waals surface area (Å²) in [7, 11) is 0. The number of hydrogen-bond acceptors (Lipinski definition) is 5. The first-order valence-electron chi connectivity index (χ1n) is 7.88. The van der Waals surface area contributed by atoms with Gasteiger partial charge in [0.15, 0.2) is 11.4 Å². The van der Waals surface area contributed by atoms with Gasteiger partial charge in [-0.1, -0.05) is 15.9 Å². The summed E-state index contributed by atoms with van der Waals surface area (Å²) < 4.78 is 3.83. The molecule has 1 aromatic carbocycles. The molecule has 0 aliphatic carbocycles. The Balaban J connectivity index is 1.72. The quantitative estimate of drug-likeness (QED) is 0.594. The van der Waals surface area contributed by atoms with Gasteiger partial charge in [-0.3, -0.25) is 9.59 Å². The van der Waals surface area contributed by atoms with E-state index in [0.29, 0.717) is 25.2 Å². The number of carbonyl (C=O) groups is 1. The van der Waals surface area contributed by atoms with E-state index in [1.165, 1.54) is 0 Å². The number of amides is 1. The molecule has 2 N–H and O–H groups in total. The highest BCUT2D eigenvalue weighted by Gasteiger charge is 2.16. The van der Waals surface area contributed by atoms with Crippen LogP contribution in [0.15, 0.2) is 58.3 Å². The molecule has 0 unspecified atom stereocenters. The molecule has 0 bridgehead atoms. The second kappa shape index (κ2) is 7.96. The fraction of sp³-hybridized carbons (Fsp3) is 0.176. The van der Waals surface area contributed by atoms with Gasteiger partial charge in [0.25, 0.3) is 11.5 Å². The molecule has 2 aromatic heterocycles. The highest BCUT2D eigenvalue weighted by atomic mass is 79.9. The number of hydrogen-bond donors (Lipinski definition) is 2. The van der Waals surface area contributed by atoms with Crippen molar-refractivity contribution in [1.82, 2.24) is 24.6 Å². The van der Waals surface area contributed by atoms with E-state index in [9.17, 15) is 14.7 Å². The third kappa shape index (κ3) is 4.17. The molecule has 0 saturated carbocycles. The molecule has 8 nitrogen and oxygen atoms in total. The van der Waals surface area contributed by atoms with Gasteiger partial charge in [-0.15, -0.1) is 0 Å². The van der Waals surface area contributed by atoms with Crippen LogP contribution in [0.5, 0.6) is 5.75 Å². The molecule has 0 aliphatic rings. The van der Waals surface area contributed by atoms with Gasteiger partial charge in [0.1, 0.15) is 0 Å². The Labute approximate surface area is 157 Å². The average molecular weight is 418 g/mol. The number of aromatic hydroxyl groups is 1. The summed E-state index contributed by atoms with van der Waals surface area (Å²) >= 11 is 3.32. The zero-order chi connectivity index (χ0) is 18.5. The van der Waals surface area contributed by atoms with E-state index in [1.54, 1.807) is 36.8 Å². The van der Waals surface area contributed by atoms with Crippen molar-refractivity contribution in [3.63, 3.8) is 0 Å². The van der Waals surface area contributed by atoms with Gasteiger partial charge in [0.05, 0.1) is 12.0 Å². The summed E-state index contributed by atoms with van der Waals surface area (Å²) in [4.78, 5) is 28.3. The van der Waals surface area contributed by atoms with Crippen LogP contribution in [-0.4, -0.2) is 36.9 Å². The van der Waals surface area contributed by atoms with E-state index in [1.807, 2.05) is 10.8 Å². The standard InChI is InChI=1S/C17H16BrN5O3/c18-12-2-4-13(5-3-12)23-15(25)10-14(24)16(21-23)17(26)20-6-1-8-22-9-7-19-11-22/h2-5,7,9-11,24H,1,6,8H2,(H,20,26). The number of rotatable bonds is 6. The minimum absolute atomic E-state index is 0.199. The Kier molecular flexibility index (Phi) is 5.47. The van der Waals surface area contributed by atoms with Gasteiger partial charge < -0.3 is 15.0 Å². The van der Waals surface area contributed by atoms with Crippen LogP contribution in [-0.2, 0) is 6.54 Å². The van der Waals surface area contributed by atoms with Crippen molar-refractivity contribution in [3.8, 4) is 11.4 Å². The zero-order valence-electron chi connectivity index (χ0n) is 13.7. The summed E-state index contributed by atoms with van der Waals surface area (Å²) in [5.41, 5.74) is -0.232. The van der Waals surface area contributed by atoms with Gasteiger partial charge in [-0.25, -0.2) is 4.98 Å². The van der Waals surface area contributed by atoms with E-state index in [4.69, 9.17) is 0 Å². The van der Waals surface area contributed by atoms with E-state index in [-0.39, 0.29) is 5.69 Å². The van der Waals surface area contributed by atoms with E-state index < -0.39 is 17.2 Å². The first-order chi connectivity index (χ1) is 12.5. The van der Waals surface area contributed by atoms with E-state index >= 15 is 0 Å². The summed E-state index contributed by atoms with van der Waals surface area (Å²) in [5.74, 6) is -0.991. The summed E-state index contributed by atoms with van der Waals surface area (Å²) in [5, 5.41) is 16.6. The summed E-state index contributed by atoms with van der Waals surface area (Å²) in [6.45, 7) is 1.10. The molecule has 0 atom stereocenters. The molecular formula is C17H16BrN5O3. The highest BCUT2D eigenvalue weighted by molar-refractivity contribution is 9.10. The topological polar surface area (TPSA) is 102 Å². The number of nitrogens with zero attached hydrogens (tertiary/aromatic N) is 4. The van der Waals surface area contributed by atoms with Gasteiger partial charge in [0, 0.05) is 36.0 Å². The monoisotopic (exact) mass is 417 g/mol. The van der Waals surface area contributed by atoms with Crippen molar-refractivity contribution in [2.45, 2.75) is 13.0 Å². The zero-order valence-corrected chi connectivity index (χ0v) is 15.3. The van der Waals surface area contributed by atoms with Crippen molar-refractivity contribution in [2.24, 2.45) is 0 Å². The fourth-order valence-electron chi connectivity index (χ4n) is 2.34. The van der Waals surface area contributed by atoms with Crippen LogP contribution in [0.1, 0.15) is 16.9 Å². The maximum atomic E-state index is 12.3. The largest absolute Gasteiger partial charge is 0.505 e. The first kappa shape index (κ1) is 17.9. The number of halogens is 1. The Bertz CT molecular complexity index is 952. The number of nitrogens with one attached hydrogen (secondary N) is 1. The van der Waals surface area contributed by atoms with E-state index in [0.717, 1.165) is 15.2 Å². The Morgan fingerprint density at radius 2 is 2.04 bits per heavy atom. The Morgan fingerprint density at radius 3 is 2.73 bits per heavy atom. The van der Waals surface area contributed by atoms with Gasteiger partial charge in [-0.05, 0) is 30.7 Å². The van der Waals surface area contributed by atoms with Crippen molar-refractivity contribution in [2.75, 3.05) is 6.54 Å². The molecule has 3 rings (SSSR count). The van der Waals surface area contributed by atoms with E-state index in [2.05, 4.69) is 31.3 Å². The normalized spacial score (nSPS) is 10.7. The summed E-state index contributed by atoms with van der Waals surface area (Å²) in [6, 6.07) is 7.86. The number of aryl methyl sites for hydroxylation is 1. The van der Waals surface area contributed by atoms with Crippen LogP contribution < -0.4 is 10.9 Å². The fourth-order valence-corrected chi connectivity index (χ4v) is 2.61. The number of carbonyl (C=O) groups excluding carboxylic acids is 1. The highest BCUT2D eigenvalue weighted by Crippen LogP contribution is 2.15. The molecular weight excluding hydrogens is 402 g/mol. The molecule has 0 spiro atoms. The molecule has 3 aromatic rings.